The van der Waals surface area contributed by atoms with E-state index in [1.807, 2.05) is 0 Å². The molecule has 0 saturated carbocycles. The van der Waals surface area contributed by atoms with Crippen LogP contribution in [-0.2, 0) is 6.42 Å². The monoisotopic (exact) mass is 412 g/mol. The molecule has 0 unspecified atom stereocenters. The summed E-state index contributed by atoms with van der Waals surface area (Å²) in [6.07, 6.45) is 0.959. The second-order valence-corrected chi connectivity index (χ2v) is 8.03. The highest BCUT2D eigenvalue weighted by Crippen LogP contribution is 2.41. The summed E-state index contributed by atoms with van der Waals surface area (Å²) in [6.45, 7) is 9.62. The quantitative estimate of drug-likeness (QED) is 0.824. The van der Waals surface area contributed by atoms with Gasteiger partial charge in [0.2, 0.25) is 0 Å². The van der Waals surface area contributed by atoms with Crippen LogP contribution in [0, 0.1) is 0 Å². The number of halogens is 1. The molecule has 0 aliphatic carbocycles. The number of nitrogens with one attached hydrogen (secondary N) is 1. The number of nitrogens with zero attached hydrogens (tertiary/aromatic N) is 3. The van der Waals surface area contributed by atoms with Gasteiger partial charge in [-0.3, -0.25) is 9.80 Å². The first kappa shape index (κ1) is 17.6. The molecule has 2 aliphatic rings. The van der Waals surface area contributed by atoms with Crippen LogP contribution in [0.5, 0.6) is 0 Å². The van der Waals surface area contributed by atoms with Crippen molar-refractivity contribution >= 4 is 27.3 Å². The second-order valence-electron chi connectivity index (χ2n) is 7.12. The average molecular weight is 413 g/mol. The molecular formula is C21H25BrN4. The third kappa shape index (κ3) is 3.52. The molecule has 2 aromatic carbocycles. The van der Waals surface area contributed by atoms with Crippen LogP contribution in [0.2, 0.25) is 0 Å². The van der Waals surface area contributed by atoms with E-state index in [1.54, 1.807) is 0 Å². The zero-order valence-electron chi connectivity index (χ0n) is 15.2. The molecule has 26 heavy (non-hydrogen) atoms. The minimum absolute atomic E-state index is 0.828. The van der Waals surface area contributed by atoms with Crippen LogP contribution in [0.4, 0.5) is 11.4 Å². The van der Waals surface area contributed by atoms with Crippen LogP contribution in [-0.4, -0.2) is 49.7 Å². The number of anilines is 2. The zero-order valence-corrected chi connectivity index (χ0v) is 16.8. The molecule has 5 heteroatoms. The van der Waals surface area contributed by atoms with Gasteiger partial charge in [0, 0.05) is 37.1 Å². The highest BCUT2D eigenvalue weighted by atomic mass is 79.9. The van der Waals surface area contributed by atoms with Gasteiger partial charge in [-0.1, -0.05) is 46.8 Å². The molecular weight excluding hydrogens is 388 g/mol. The molecule has 4 rings (SSSR count). The molecule has 2 aliphatic heterocycles. The van der Waals surface area contributed by atoms with Crippen LogP contribution in [0.25, 0.3) is 0 Å². The highest BCUT2D eigenvalue weighted by molar-refractivity contribution is 9.10. The third-order valence-electron chi connectivity index (χ3n) is 5.27. The molecule has 1 fully saturated rings. The summed E-state index contributed by atoms with van der Waals surface area (Å²) in [5, 5.41) is 3.56. The van der Waals surface area contributed by atoms with Crippen molar-refractivity contribution < 1.29 is 0 Å². The highest BCUT2D eigenvalue weighted by Gasteiger charge is 2.25. The van der Waals surface area contributed by atoms with Gasteiger partial charge in [0.25, 0.3) is 0 Å². The minimum Gasteiger partial charge on any atom is -0.359 e. The fourth-order valence-electron chi connectivity index (χ4n) is 3.69. The van der Waals surface area contributed by atoms with Crippen molar-refractivity contribution in [2.75, 3.05) is 44.8 Å². The first-order valence-corrected chi connectivity index (χ1v) is 9.91. The lowest BCUT2D eigenvalue weighted by Gasteiger charge is -2.37. The van der Waals surface area contributed by atoms with E-state index < -0.39 is 0 Å². The fourth-order valence-corrected chi connectivity index (χ4v) is 4.04. The van der Waals surface area contributed by atoms with Gasteiger partial charge in [-0.2, -0.15) is 0 Å². The molecule has 0 spiro atoms. The average Bonchev–Trinajstić information content (AvgIpc) is 2.65. The largest absolute Gasteiger partial charge is 0.359 e. The molecule has 136 valence electrons. The van der Waals surface area contributed by atoms with Crippen molar-refractivity contribution in [1.29, 1.82) is 0 Å². The van der Waals surface area contributed by atoms with Gasteiger partial charge in [-0.05, 0) is 36.4 Å². The molecule has 4 nitrogen and oxygen atoms in total. The number of fused-ring (bicyclic) bond motifs is 2. The first-order chi connectivity index (χ1) is 12.6. The van der Waals surface area contributed by atoms with Crippen LogP contribution in [0.3, 0.4) is 0 Å². The summed E-state index contributed by atoms with van der Waals surface area (Å²) in [6, 6.07) is 15.1. The molecule has 1 saturated heterocycles. The number of rotatable bonds is 4. The van der Waals surface area contributed by atoms with Crippen LogP contribution in [0.1, 0.15) is 11.1 Å². The maximum atomic E-state index is 4.37. The number of hydrogen-bond donors (Lipinski definition) is 1. The standard InChI is InChI=1S/C21H25BrN4/c1-16(23-15-25-11-9-24(2)10-12-25)26-20-6-4-3-5-17(20)13-18-7-8-19(22)14-21(18)26/h3-8,14,23H,1,9-13,15H2,2H3. The summed E-state index contributed by atoms with van der Waals surface area (Å²) < 4.78 is 1.09. The van der Waals surface area contributed by atoms with E-state index in [4.69, 9.17) is 0 Å². The minimum atomic E-state index is 0.828. The zero-order chi connectivity index (χ0) is 18.1. The molecule has 1 N–H and O–H groups in total. The lowest BCUT2D eigenvalue weighted by atomic mass is 9.96. The summed E-state index contributed by atoms with van der Waals surface area (Å²) in [7, 11) is 2.18. The summed E-state index contributed by atoms with van der Waals surface area (Å²) in [5.41, 5.74) is 5.09. The predicted octanol–water partition coefficient (Wildman–Crippen LogP) is 3.76. The summed E-state index contributed by atoms with van der Waals surface area (Å²) in [4.78, 5) is 7.08. The maximum absolute atomic E-state index is 4.37. The van der Waals surface area contributed by atoms with E-state index in [0.717, 1.165) is 49.6 Å². The van der Waals surface area contributed by atoms with Crippen molar-refractivity contribution in [3.05, 3.63) is 70.5 Å². The molecule has 2 heterocycles. The van der Waals surface area contributed by atoms with Gasteiger partial charge in [-0.25, -0.2) is 0 Å². The number of para-hydroxylation sites is 1. The van der Waals surface area contributed by atoms with Crippen LogP contribution >= 0.6 is 15.9 Å². The Morgan fingerprint density at radius 3 is 2.58 bits per heavy atom. The van der Waals surface area contributed by atoms with Gasteiger partial charge in [0.05, 0.1) is 18.0 Å². The predicted molar refractivity (Wildman–Crippen MR) is 112 cm³/mol. The molecule has 0 radical (unpaired) electrons. The number of likely N-dealkylation sites (N-methyl/N-ethyl adjacent to an activating group) is 1. The SMILES string of the molecule is C=C(NCN1CCN(C)CC1)N1c2ccccc2Cc2ccc(Br)cc21. The lowest BCUT2D eigenvalue weighted by Crippen LogP contribution is -2.48. The number of benzene rings is 2. The van der Waals surface area contributed by atoms with Gasteiger partial charge >= 0.3 is 0 Å². The van der Waals surface area contributed by atoms with Crippen molar-refractivity contribution in [1.82, 2.24) is 15.1 Å². The Balaban J connectivity index is 1.57. The second kappa shape index (κ2) is 7.43. The van der Waals surface area contributed by atoms with Crippen molar-refractivity contribution in [2.45, 2.75) is 6.42 Å². The smallest absolute Gasteiger partial charge is 0.104 e. The van der Waals surface area contributed by atoms with E-state index in [2.05, 4.69) is 92.0 Å². The topological polar surface area (TPSA) is 21.8 Å². The van der Waals surface area contributed by atoms with E-state index in [9.17, 15) is 0 Å². The van der Waals surface area contributed by atoms with Crippen molar-refractivity contribution in [3.63, 3.8) is 0 Å². The Morgan fingerprint density at radius 1 is 1.04 bits per heavy atom. The van der Waals surface area contributed by atoms with Gasteiger partial charge in [0.15, 0.2) is 0 Å². The third-order valence-corrected chi connectivity index (χ3v) is 5.77. The maximum Gasteiger partial charge on any atom is 0.104 e. The van der Waals surface area contributed by atoms with Crippen molar-refractivity contribution in [3.8, 4) is 0 Å². The van der Waals surface area contributed by atoms with E-state index in [-0.39, 0.29) is 0 Å². The van der Waals surface area contributed by atoms with Crippen LogP contribution < -0.4 is 10.2 Å². The lowest BCUT2D eigenvalue weighted by molar-refractivity contribution is 0.148. The van der Waals surface area contributed by atoms with Gasteiger partial charge in [-0.15, -0.1) is 0 Å². The Kier molecular flexibility index (Phi) is 5.02. The Labute approximate surface area is 164 Å². The van der Waals surface area contributed by atoms with E-state index in [1.165, 1.54) is 22.5 Å². The van der Waals surface area contributed by atoms with Gasteiger partial charge < -0.3 is 10.2 Å². The summed E-state index contributed by atoms with van der Waals surface area (Å²) in [5.74, 6) is 0.926. The normalized spacial score (nSPS) is 17.5. The summed E-state index contributed by atoms with van der Waals surface area (Å²) >= 11 is 3.62. The van der Waals surface area contributed by atoms with E-state index >= 15 is 0 Å². The molecule has 0 aromatic heterocycles. The Morgan fingerprint density at radius 2 is 1.77 bits per heavy atom. The molecule has 0 amide bonds. The number of hydrogen-bond acceptors (Lipinski definition) is 4. The molecule has 2 aromatic rings. The van der Waals surface area contributed by atoms with Gasteiger partial charge in [0.1, 0.15) is 5.82 Å². The van der Waals surface area contributed by atoms with Crippen LogP contribution in [0.15, 0.2) is 59.3 Å². The Bertz CT molecular complexity index is 811. The van der Waals surface area contributed by atoms with Crippen molar-refractivity contribution in [2.24, 2.45) is 0 Å². The molecule has 0 bridgehead atoms. The number of piperazine rings is 1. The molecule has 0 atom stereocenters. The van der Waals surface area contributed by atoms with E-state index in [0.29, 0.717) is 0 Å². The first-order valence-electron chi connectivity index (χ1n) is 9.12. The fraction of sp³-hybridized carbons (Fsp3) is 0.333. The Hall–Kier alpha value is -1.82.